The van der Waals surface area contributed by atoms with E-state index in [9.17, 15) is 14.7 Å². The molecule has 0 aliphatic heterocycles. The van der Waals surface area contributed by atoms with E-state index >= 15 is 0 Å². The topological polar surface area (TPSA) is 92.9 Å². The molecule has 3 aromatic carbocycles. The van der Waals surface area contributed by atoms with E-state index in [0.717, 1.165) is 38.6 Å². The van der Waals surface area contributed by atoms with Crippen LogP contribution in [0.15, 0.2) is 89.4 Å². The minimum atomic E-state index is -1.12. The number of rotatable bonds is 9. The largest absolute Gasteiger partial charge is 0.480 e. The van der Waals surface area contributed by atoms with E-state index in [1.165, 1.54) is 0 Å². The maximum atomic E-state index is 12.7. The molecule has 7 heteroatoms. The molecular formula is C30H28N2O5. The third-order valence-corrected chi connectivity index (χ3v) is 5.67. The van der Waals surface area contributed by atoms with Gasteiger partial charge in [0.2, 0.25) is 5.89 Å². The van der Waals surface area contributed by atoms with Crippen molar-refractivity contribution in [1.82, 2.24) is 9.88 Å². The molecular weight excluding hydrogens is 468 g/mol. The summed E-state index contributed by atoms with van der Waals surface area (Å²) in [5, 5.41) is 9.31. The number of carboxylic acid groups (broad SMARTS) is 1. The number of nitrogens with zero attached hydrogens (tertiary/aromatic N) is 2. The number of hydrogen-bond donors (Lipinski definition) is 1. The van der Waals surface area contributed by atoms with Crippen LogP contribution in [0.25, 0.3) is 17.5 Å². The number of carbonyl (C=O) groups excluding carboxylic acids is 1. The summed E-state index contributed by atoms with van der Waals surface area (Å²) in [7, 11) is 0. The van der Waals surface area contributed by atoms with Crippen LogP contribution < -0.4 is 4.74 Å². The number of carboxylic acids is 1. The number of allylic oxidation sites excluding steroid dienone is 1. The van der Waals surface area contributed by atoms with Gasteiger partial charge >= 0.3 is 12.1 Å². The first-order valence-corrected chi connectivity index (χ1v) is 11.9. The monoisotopic (exact) mass is 496 g/mol. The number of carbonyl (C=O) groups is 2. The van der Waals surface area contributed by atoms with Gasteiger partial charge < -0.3 is 14.3 Å². The number of amides is 1. The van der Waals surface area contributed by atoms with Crippen LogP contribution in [-0.2, 0) is 17.8 Å². The van der Waals surface area contributed by atoms with E-state index in [0.29, 0.717) is 18.1 Å². The molecule has 0 saturated heterocycles. The number of hydrogen-bond acceptors (Lipinski definition) is 5. The molecule has 0 aliphatic rings. The zero-order valence-corrected chi connectivity index (χ0v) is 20.8. The average Bonchev–Trinajstić information content (AvgIpc) is 3.26. The molecule has 7 nitrogen and oxygen atoms in total. The normalized spacial score (nSPS) is 11.0. The van der Waals surface area contributed by atoms with Crippen molar-refractivity contribution in [3.8, 4) is 17.2 Å². The standard InChI is InChI=1S/C30H28N2O5/c1-21-14-16-26(17-15-21)37-30(35)32(20-28(33)34)19-24-10-6-8-23(18-24)9-7-13-27-22(2)36-29(31-27)25-11-4-3-5-12-25/h3-12,14-18H,13,19-20H2,1-2H3,(H,33,34)/b9-7-. The third kappa shape index (κ3) is 7.18. The fourth-order valence-electron chi connectivity index (χ4n) is 3.76. The van der Waals surface area contributed by atoms with E-state index in [-0.39, 0.29) is 6.54 Å². The lowest BCUT2D eigenvalue weighted by atomic mass is 10.1. The second kappa shape index (κ2) is 11.9. The summed E-state index contributed by atoms with van der Waals surface area (Å²) in [6.07, 6.45) is 3.84. The van der Waals surface area contributed by atoms with Crippen molar-refractivity contribution >= 4 is 18.1 Å². The van der Waals surface area contributed by atoms with Crippen molar-refractivity contribution in [3.05, 3.63) is 113 Å². The number of ether oxygens (including phenoxy) is 1. The van der Waals surface area contributed by atoms with Gasteiger partial charge in [-0.05, 0) is 55.3 Å². The highest BCUT2D eigenvalue weighted by atomic mass is 16.6. The lowest BCUT2D eigenvalue weighted by molar-refractivity contribution is -0.138. The molecule has 0 unspecified atom stereocenters. The highest BCUT2D eigenvalue weighted by molar-refractivity contribution is 5.78. The van der Waals surface area contributed by atoms with Crippen LogP contribution in [0.5, 0.6) is 5.75 Å². The van der Waals surface area contributed by atoms with Gasteiger partial charge in [0.15, 0.2) is 0 Å². The molecule has 0 radical (unpaired) electrons. The molecule has 0 fully saturated rings. The number of aromatic nitrogens is 1. The summed E-state index contributed by atoms with van der Waals surface area (Å²) in [6, 6.07) is 24.3. The first kappa shape index (κ1) is 25.4. The van der Waals surface area contributed by atoms with Gasteiger partial charge in [-0.15, -0.1) is 0 Å². The Balaban J connectivity index is 1.42. The molecule has 188 valence electrons. The van der Waals surface area contributed by atoms with Gasteiger partial charge in [-0.3, -0.25) is 9.69 Å². The summed E-state index contributed by atoms with van der Waals surface area (Å²) >= 11 is 0. The maximum absolute atomic E-state index is 12.7. The highest BCUT2D eigenvalue weighted by Gasteiger charge is 2.19. The fraction of sp³-hybridized carbons (Fsp3) is 0.167. The van der Waals surface area contributed by atoms with Crippen LogP contribution in [0, 0.1) is 13.8 Å². The molecule has 0 aliphatic carbocycles. The van der Waals surface area contributed by atoms with Gasteiger partial charge in [-0.2, -0.15) is 0 Å². The number of aryl methyl sites for hydroxylation is 2. The molecule has 37 heavy (non-hydrogen) atoms. The number of benzene rings is 3. The SMILES string of the molecule is Cc1ccc(OC(=O)N(CC(=O)O)Cc2cccc(/C=C\Cc3nc(-c4ccccc4)oc3C)c2)cc1. The fourth-order valence-corrected chi connectivity index (χ4v) is 3.76. The molecule has 1 aromatic heterocycles. The Kier molecular flexibility index (Phi) is 8.15. The first-order valence-electron chi connectivity index (χ1n) is 11.9. The first-order chi connectivity index (χ1) is 17.9. The molecule has 0 atom stereocenters. The number of aliphatic carboxylic acids is 1. The summed E-state index contributed by atoms with van der Waals surface area (Å²) in [5.74, 6) is 0.615. The van der Waals surface area contributed by atoms with Crippen molar-refractivity contribution in [1.29, 1.82) is 0 Å². The van der Waals surface area contributed by atoms with Crippen molar-refractivity contribution in [3.63, 3.8) is 0 Å². The van der Waals surface area contributed by atoms with Crippen LogP contribution in [0.1, 0.15) is 28.1 Å². The quantitative estimate of drug-likeness (QED) is 0.292. The summed E-state index contributed by atoms with van der Waals surface area (Å²) in [5.41, 5.74) is 4.53. The van der Waals surface area contributed by atoms with Crippen LogP contribution in [0.2, 0.25) is 0 Å². The molecule has 1 heterocycles. The summed E-state index contributed by atoms with van der Waals surface area (Å²) in [4.78, 5) is 29.9. The zero-order chi connectivity index (χ0) is 26.2. The van der Waals surface area contributed by atoms with E-state index in [1.807, 2.05) is 92.7 Å². The van der Waals surface area contributed by atoms with Gasteiger partial charge in [0.25, 0.3) is 0 Å². The predicted molar refractivity (Wildman–Crippen MR) is 141 cm³/mol. The van der Waals surface area contributed by atoms with Crippen LogP contribution in [0.3, 0.4) is 0 Å². The molecule has 0 spiro atoms. The molecule has 1 amide bonds. The van der Waals surface area contributed by atoms with Gasteiger partial charge in [0.1, 0.15) is 18.1 Å². The average molecular weight is 497 g/mol. The van der Waals surface area contributed by atoms with Crippen molar-refractivity contribution in [2.45, 2.75) is 26.8 Å². The smallest absolute Gasteiger partial charge is 0.416 e. The Morgan fingerprint density at radius 1 is 1.00 bits per heavy atom. The van der Waals surface area contributed by atoms with Crippen molar-refractivity contribution < 1.29 is 23.8 Å². The Bertz CT molecular complexity index is 1390. The molecule has 0 saturated carbocycles. The Labute approximate surface area is 215 Å². The Hall–Kier alpha value is -4.65. The highest BCUT2D eigenvalue weighted by Crippen LogP contribution is 2.22. The minimum absolute atomic E-state index is 0.0987. The van der Waals surface area contributed by atoms with Crippen LogP contribution >= 0.6 is 0 Å². The molecule has 1 N–H and O–H groups in total. The summed E-state index contributed by atoms with van der Waals surface area (Å²) in [6.45, 7) is 3.45. The Morgan fingerprint density at radius 3 is 2.49 bits per heavy atom. The molecule has 4 rings (SSSR count). The van der Waals surface area contributed by atoms with Gasteiger partial charge in [0.05, 0.1) is 5.69 Å². The molecule has 0 bridgehead atoms. The minimum Gasteiger partial charge on any atom is -0.480 e. The van der Waals surface area contributed by atoms with Gasteiger partial charge in [-0.1, -0.05) is 66.2 Å². The van der Waals surface area contributed by atoms with Crippen LogP contribution in [-0.4, -0.2) is 33.6 Å². The van der Waals surface area contributed by atoms with Gasteiger partial charge in [0, 0.05) is 18.5 Å². The van der Waals surface area contributed by atoms with Gasteiger partial charge in [-0.25, -0.2) is 9.78 Å². The lowest BCUT2D eigenvalue weighted by Gasteiger charge is -2.20. The van der Waals surface area contributed by atoms with Crippen molar-refractivity contribution in [2.75, 3.05) is 6.54 Å². The second-order valence-electron chi connectivity index (χ2n) is 8.67. The zero-order valence-electron chi connectivity index (χ0n) is 20.8. The van der Waals surface area contributed by atoms with Crippen LogP contribution in [0.4, 0.5) is 4.79 Å². The van der Waals surface area contributed by atoms with E-state index < -0.39 is 18.6 Å². The lowest BCUT2D eigenvalue weighted by Crippen LogP contribution is -2.37. The predicted octanol–water partition coefficient (Wildman–Crippen LogP) is 6.30. The van der Waals surface area contributed by atoms with E-state index in [1.54, 1.807) is 12.1 Å². The molecule has 4 aromatic rings. The van der Waals surface area contributed by atoms with Crippen molar-refractivity contribution in [2.24, 2.45) is 0 Å². The second-order valence-corrected chi connectivity index (χ2v) is 8.67. The maximum Gasteiger partial charge on any atom is 0.416 e. The third-order valence-electron chi connectivity index (χ3n) is 5.67. The number of oxazole rings is 1. The Morgan fingerprint density at radius 2 is 1.76 bits per heavy atom. The summed E-state index contributed by atoms with van der Waals surface area (Å²) < 4.78 is 11.2. The van der Waals surface area contributed by atoms with E-state index in [2.05, 4.69) is 4.98 Å². The van der Waals surface area contributed by atoms with E-state index in [4.69, 9.17) is 9.15 Å².